The van der Waals surface area contributed by atoms with E-state index in [9.17, 15) is 9.50 Å². The van der Waals surface area contributed by atoms with Crippen molar-refractivity contribution in [3.8, 4) is 17.3 Å². The third-order valence-electron chi connectivity index (χ3n) is 3.32. The second kappa shape index (κ2) is 5.99. The number of aliphatic hydroxyl groups is 1. The lowest BCUT2D eigenvalue weighted by molar-refractivity contribution is 0.275. The molecule has 3 aromatic rings. The fourth-order valence-corrected chi connectivity index (χ4v) is 2.18. The first kappa shape index (κ1) is 14.3. The highest BCUT2D eigenvalue weighted by Crippen LogP contribution is 2.30. The number of hydrogen-bond acceptors (Lipinski definition) is 3. The first-order valence-electron chi connectivity index (χ1n) is 6.87. The van der Waals surface area contributed by atoms with Gasteiger partial charge in [0.15, 0.2) is 0 Å². The van der Waals surface area contributed by atoms with Gasteiger partial charge in [0.2, 0.25) is 5.88 Å². The summed E-state index contributed by atoms with van der Waals surface area (Å²) in [4.78, 5) is 0. The maximum absolute atomic E-state index is 13.0. The predicted octanol–water partition coefficient (Wildman–Crippen LogP) is 3.60. The van der Waals surface area contributed by atoms with E-state index in [0.717, 1.165) is 5.69 Å². The van der Waals surface area contributed by atoms with Crippen LogP contribution in [0.2, 0.25) is 0 Å². The fraction of sp³-hybridized carbons (Fsp3) is 0.118. The van der Waals surface area contributed by atoms with Crippen LogP contribution in [0.3, 0.4) is 0 Å². The summed E-state index contributed by atoms with van der Waals surface area (Å²) in [6.07, 6.45) is 0. The molecular weight excluding hydrogens is 283 g/mol. The number of nitrogens with zero attached hydrogens (tertiary/aromatic N) is 2. The van der Waals surface area contributed by atoms with Crippen LogP contribution < -0.4 is 4.74 Å². The number of halogens is 1. The minimum absolute atomic E-state index is 0.185. The minimum Gasteiger partial charge on any atom is -0.439 e. The molecule has 5 heteroatoms. The predicted molar refractivity (Wildman–Crippen MR) is 80.7 cm³/mol. The Bertz CT molecular complexity index is 767. The Morgan fingerprint density at radius 3 is 2.41 bits per heavy atom. The van der Waals surface area contributed by atoms with E-state index in [1.54, 1.807) is 4.68 Å². The van der Waals surface area contributed by atoms with Crippen molar-refractivity contribution in [2.45, 2.75) is 13.5 Å². The fourth-order valence-electron chi connectivity index (χ4n) is 2.18. The Morgan fingerprint density at radius 1 is 1.09 bits per heavy atom. The molecule has 1 aromatic heterocycles. The van der Waals surface area contributed by atoms with Crippen molar-refractivity contribution >= 4 is 0 Å². The highest BCUT2D eigenvalue weighted by Gasteiger charge is 2.18. The molecule has 3 rings (SSSR count). The van der Waals surface area contributed by atoms with Crippen LogP contribution in [0.15, 0.2) is 54.6 Å². The first-order valence-corrected chi connectivity index (χ1v) is 6.87. The van der Waals surface area contributed by atoms with Crippen molar-refractivity contribution in [1.82, 2.24) is 9.78 Å². The molecule has 0 radical (unpaired) electrons. The molecule has 22 heavy (non-hydrogen) atoms. The molecule has 2 aromatic carbocycles. The second-order valence-corrected chi connectivity index (χ2v) is 4.83. The zero-order chi connectivity index (χ0) is 15.5. The van der Waals surface area contributed by atoms with Crippen LogP contribution in [-0.2, 0) is 6.61 Å². The zero-order valence-electron chi connectivity index (χ0n) is 12.0. The number of aryl methyl sites for hydroxylation is 1. The number of para-hydroxylation sites is 1. The van der Waals surface area contributed by atoms with E-state index in [1.165, 1.54) is 24.3 Å². The van der Waals surface area contributed by atoms with Gasteiger partial charge in [0.25, 0.3) is 0 Å². The number of rotatable bonds is 4. The summed E-state index contributed by atoms with van der Waals surface area (Å²) in [6, 6.07) is 15.2. The van der Waals surface area contributed by atoms with Crippen LogP contribution in [0, 0.1) is 12.7 Å². The number of hydrogen-bond donors (Lipinski definition) is 1. The Hall–Kier alpha value is -2.66. The lowest BCUT2D eigenvalue weighted by atomic mass is 10.2. The molecule has 0 amide bonds. The van der Waals surface area contributed by atoms with E-state index in [0.29, 0.717) is 22.9 Å². The number of aromatic nitrogens is 2. The summed E-state index contributed by atoms with van der Waals surface area (Å²) in [5.74, 6) is 0.577. The Labute approximate surface area is 127 Å². The van der Waals surface area contributed by atoms with E-state index in [4.69, 9.17) is 4.74 Å². The SMILES string of the molecule is Cc1nn(-c2ccccc2)c(Oc2ccc(F)cc2)c1CO. The van der Waals surface area contributed by atoms with Gasteiger partial charge in [0.05, 0.1) is 23.6 Å². The lowest BCUT2D eigenvalue weighted by Gasteiger charge is -2.10. The zero-order valence-corrected chi connectivity index (χ0v) is 12.0. The first-order chi connectivity index (χ1) is 10.7. The molecule has 0 aliphatic heterocycles. The van der Waals surface area contributed by atoms with Gasteiger partial charge in [-0.1, -0.05) is 18.2 Å². The van der Waals surface area contributed by atoms with Crippen LogP contribution in [0.4, 0.5) is 4.39 Å². The van der Waals surface area contributed by atoms with Gasteiger partial charge in [-0.3, -0.25) is 0 Å². The number of aliphatic hydroxyl groups excluding tert-OH is 1. The lowest BCUT2D eigenvalue weighted by Crippen LogP contribution is -2.00. The van der Waals surface area contributed by atoms with Gasteiger partial charge in [-0.05, 0) is 43.3 Å². The molecule has 1 N–H and O–H groups in total. The molecule has 0 unspecified atom stereocenters. The Kier molecular flexibility index (Phi) is 3.89. The minimum atomic E-state index is -0.331. The molecule has 0 atom stereocenters. The van der Waals surface area contributed by atoms with E-state index in [-0.39, 0.29) is 12.4 Å². The summed E-state index contributed by atoms with van der Waals surface area (Å²) in [7, 11) is 0. The molecule has 0 spiro atoms. The van der Waals surface area contributed by atoms with Crippen LogP contribution in [0.5, 0.6) is 11.6 Å². The van der Waals surface area contributed by atoms with Crippen molar-refractivity contribution in [2.75, 3.05) is 0 Å². The Morgan fingerprint density at radius 2 is 1.77 bits per heavy atom. The topological polar surface area (TPSA) is 47.3 Å². The van der Waals surface area contributed by atoms with Crippen molar-refractivity contribution in [3.05, 3.63) is 71.7 Å². The largest absolute Gasteiger partial charge is 0.439 e. The highest BCUT2D eigenvalue weighted by atomic mass is 19.1. The molecule has 0 saturated heterocycles. The standard InChI is InChI=1S/C17H15FN2O2/c1-12-16(11-21)17(22-15-9-7-13(18)8-10-15)20(19-12)14-5-3-2-4-6-14/h2-10,21H,11H2,1H3. The maximum atomic E-state index is 13.0. The quantitative estimate of drug-likeness (QED) is 0.800. The molecule has 0 saturated carbocycles. The van der Waals surface area contributed by atoms with Gasteiger partial charge in [0.1, 0.15) is 11.6 Å². The summed E-state index contributed by atoms with van der Waals surface area (Å²) in [5.41, 5.74) is 2.11. The van der Waals surface area contributed by atoms with Crippen LogP contribution in [-0.4, -0.2) is 14.9 Å². The third-order valence-corrected chi connectivity index (χ3v) is 3.32. The molecule has 1 heterocycles. The molecule has 0 bridgehead atoms. The molecule has 0 aliphatic rings. The highest BCUT2D eigenvalue weighted by molar-refractivity contribution is 5.43. The van der Waals surface area contributed by atoms with Gasteiger partial charge in [-0.2, -0.15) is 5.10 Å². The average Bonchev–Trinajstić information content (AvgIpc) is 2.86. The van der Waals surface area contributed by atoms with Gasteiger partial charge in [-0.15, -0.1) is 0 Å². The van der Waals surface area contributed by atoms with Crippen molar-refractivity contribution < 1.29 is 14.2 Å². The normalized spacial score (nSPS) is 10.7. The molecule has 112 valence electrons. The molecule has 4 nitrogen and oxygen atoms in total. The van der Waals surface area contributed by atoms with Crippen LogP contribution in [0.1, 0.15) is 11.3 Å². The van der Waals surface area contributed by atoms with Gasteiger partial charge in [0, 0.05) is 0 Å². The van der Waals surface area contributed by atoms with Gasteiger partial charge in [-0.25, -0.2) is 9.07 Å². The Balaban J connectivity index is 2.06. The summed E-state index contributed by atoms with van der Waals surface area (Å²) in [6.45, 7) is 1.62. The summed E-state index contributed by atoms with van der Waals surface area (Å²) < 4.78 is 20.5. The van der Waals surface area contributed by atoms with Gasteiger partial charge >= 0.3 is 0 Å². The monoisotopic (exact) mass is 298 g/mol. The average molecular weight is 298 g/mol. The number of ether oxygens (including phenoxy) is 1. The molecule has 0 aliphatic carbocycles. The molecule has 0 fully saturated rings. The van der Waals surface area contributed by atoms with E-state index in [2.05, 4.69) is 5.10 Å². The van der Waals surface area contributed by atoms with Crippen molar-refractivity contribution in [1.29, 1.82) is 0 Å². The maximum Gasteiger partial charge on any atom is 0.228 e. The number of benzene rings is 2. The van der Waals surface area contributed by atoms with E-state index < -0.39 is 0 Å². The summed E-state index contributed by atoms with van der Waals surface area (Å²) in [5, 5.41) is 14.0. The van der Waals surface area contributed by atoms with Crippen LogP contribution >= 0.6 is 0 Å². The third kappa shape index (κ3) is 2.71. The van der Waals surface area contributed by atoms with Crippen molar-refractivity contribution in [2.24, 2.45) is 0 Å². The van der Waals surface area contributed by atoms with E-state index >= 15 is 0 Å². The second-order valence-electron chi connectivity index (χ2n) is 4.83. The smallest absolute Gasteiger partial charge is 0.228 e. The summed E-state index contributed by atoms with van der Waals surface area (Å²) >= 11 is 0. The van der Waals surface area contributed by atoms with E-state index in [1.807, 2.05) is 37.3 Å². The molecular formula is C17H15FN2O2. The van der Waals surface area contributed by atoms with Crippen LogP contribution in [0.25, 0.3) is 5.69 Å². The van der Waals surface area contributed by atoms with Crippen molar-refractivity contribution in [3.63, 3.8) is 0 Å². The van der Waals surface area contributed by atoms with Gasteiger partial charge < -0.3 is 9.84 Å².